The van der Waals surface area contributed by atoms with E-state index in [1.54, 1.807) is 10.9 Å². The number of carbonyl (C=O) groups is 1. The Balaban J connectivity index is 1.64. The van der Waals surface area contributed by atoms with Crippen molar-refractivity contribution in [2.75, 3.05) is 0 Å². The Labute approximate surface area is 118 Å². The number of rotatable bonds is 3. The van der Waals surface area contributed by atoms with Crippen LogP contribution in [0.4, 0.5) is 0 Å². The van der Waals surface area contributed by atoms with E-state index in [1.807, 2.05) is 13.8 Å². The summed E-state index contributed by atoms with van der Waals surface area (Å²) in [7, 11) is 0. The van der Waals surface area contributed by atoms with Gasteiger partial charge in [0, 0.05) is 12.0 Å². The predicted molar refractivity (Wildman–Crippen MR) is 73.3 cm³/mol. The molecule has 0 saturated heterocycles. The molecule has 4 atom stereocenters. The van der Waals surface area contributed by atoms with Crippen molar-refractivity contribution in [2.24, 2.45) is 29.6 Å². The summed E-state index contributed by atoms with van der Waals surface area (Å²) >= 11 is 6.20. The van der Waals surface area contributed by atoms with Crippen molar-refractivity contribution in [2.45, 2.75) is 39.2 Å². The molecule has 4 rings (SSSR count). The molecule has 3 aliphatic carbocycles. The van der Waals surface area contributed by atoms with E-state index in [0.29, 0.717) is 22.6 Å². The molecule has 0 aromatic carbocycles. The van der Waals surface area contributed by atoms with E-state index in [2.05, 4.69) is 5.10 Å². The Morgan fingerprint density at radius 3 is 2.58 bits per heavy atom. The zero-order chi connectivity index (χ0) is 13.3. The van der Waals surface area contributed by atoms with Gasteiger partial charge in [-0.1, -0.05) is 11.6 Å². The lowest BCUT2D eigenvalue weighted by Crippen LogP contribution is -2.17. The Hall–Kier alpha value is -0.830. The number of aromatic nitrogens is 2. The summed E-state index contributed by atoms with van der Waals surface area (Å²) in [5, 5.41) is 4.78. The van der Waals surface area contributed by atoms with E-state index in [1.165, 1.54) is 19.3 Å². The summed E-state index contributed by atoms with van der Waals surface area (Å²) in [6, 6.07) is 0.182. The smallest absolute Gasteiger partial charge is 0.186 e. The monoisotopic (exact) mass is 278 g/mol. The first-order valence-electron chi connectivity index (χ1n) is 7.36. The van der Waals surface area contributed by atoms with E-state index >= 15 is 0 Å². The second kappa shape index (κ2) is 3.85. The molecule has 0 N–H and O–H groups in total. The van der Waals surface area contributed by atoms with E-state index in [-0.39, 0.29) is 17.7 Å². The van der Waals surface area contributed by atoms with Crippen LogP contribution < -0.4 is 0 Å². The summed E-state index contributed by atoms with van der Waals surface area (Å²) in [5.74, 6) is 3.47. The summed E-state index contributed by atoms with van der Waals surface area (Å²) in [6.45, 7) is 4.08. The number of hydrogen-bond donors (Lipinski definition) is 0. The number of carbonyl (C=O) groups excluding carboxylic acids is 1. The van der Waals surface area contributed by atoms with Crippen LogP contribution in [0.15, 0.2) is 6.20 Å². The van der Waals surface area contributed by atoms with Gasteiger partial charge in [0.1, 0.15) is 5.69 Å². The van der Waals surface area contributed by atoms with Crippen molar-refractivity contribution in [3.63, 3.8) is 0 Å². The zero-order valence-corrected chi connectivity index (χ0v) is 12.1. The first kappa shape index (κ1) is 12.0. The molecule has 19 heavy (non-hydrogen) atoms. The summed E-state index contributed by atoms with van der Waals surface area (Å²) in [4.78, 5) is 12.8. The third-order valence-electron chi connectivity index (χ3n) is 5.51. The molecular formula is C15H19ClN2O. The van der Waals surface area contributed by atoms with Gasteiger partial charge >= 0.3 is 0 Å². The number of halogens is 1. The van der Waals surface area contributed by atoms with Crippen LogP contribution in [0.3, 0.4) is 0 Å². The van der Waals surface area contributed by atoms with E-state index < -0.39 is 0 Å². The van der Waals surface area contributed by atoms with Gasteiger partial charge in [0.25, 0.3) is 0 Å². The lowest BCUT2D eigenvalue weighted by Gasteiger charge is -2.12. The molecule has 0 aliphatic heterocycles. The fourth-order valence-corrected chi connectivity index (χ4v) is 5.02. The number of Topliss-reactive ketones (excluding diaryl/α,β-unsaturated/α-hetero) is 1. The molecule has 102 valence electrons. The average molecular weight is 279 g/mol. The molecule has 0 amide bonds. The molecule has 3 saturated carbocycles. The van der Waals surface area contributed by atoms with Crippen molar-refractivity contribution >= 4 is 17.4 Å². The Bertz CT molecular complexity index is 534. The molecule has 3 fully saturated rings. The third-order valence-corrected chi connectivity index (χ3v) is 5.79. The molecule has 0 spiro atoms. The van der Waals surface area contributed by atoms with Gasteiger partial charge < -0.3 is 0 Å². The van der Waals surface area contributed by atoms with Crippen LogP contribution in [0.25, 0.3) is 0 Å². The maximum Gasteiger partial charge on any atom is 0.186 e. The van der Waals surface area contributed by atoms with Crippen molar-refractivity contribution in [1.82, 2.24) is 9.78 Å². The fraction of sp³-hybridized carbons (Fsp3) is 0.733. The van der Waals surface area contributed by atoms with Gasteiger partial charge in [-0.2, -0.15) is 5.10 Å². The van der Waals surface area contributed by atoms with Gasteiger partial charge in [-0.3, -0.25) is 9.48 Å². The van der Waals surface area contributed by atoms with Crippen molar-refractivity contribution in [3.8, 4) is 0 Å². The molecule has 2 bridgehead atoms. The van der Waals surface area contributed by atoms with Crippen molar-refractivity contribution < 1.29 is 4.79 Å². The minimum absolute atomic E-state index is 0.182. The number of hydrogen-bond acceptors (Lipinski definition) is 2. The van der Waals surface area contributed by atoms with Gasteiger partial charge in [0.15, 0.2) is 5.78 Å². The average Bonchev–Trinajstić information content (AvgIpc) is 2.72. The molecular weight excluding hydrogens is 260 g/mol. The minimum atomic E-state index is 0.182. The zero-order valence-electron chi connectivity index (χ0n) is 11.3. The van der Waals surface area contributed by atoms with E-state index in [9.17, 15) is 4.79 Å². The molecule has 4 unspecified atom stereocenters. The van der Waals surface area contributed by atoms with Gasteiger partial charge in [0.2, 0.25) is 0 Å². The highest BCUT2D eigenvalue weighted by Gasteiger charge is 2.67. The number of ketones is 1. The van der Waals surface area contributed by atoms with Crippen LogP contribution in [-0.4, -0.2) is 15.6 Å². The Kier molecular flexibility index (Phi) is 2.42. The fourth-order valence-electron chi connectivity index (χ4n) is 4.80. The summed E-state index contributed by atoms with van der Waals surface area (Å²) in [5.41, 5.74) is 0.649. The SMILES string of the molecule is CC(C)n1ncc(Cl)c1C(=O)C1C2C3CCC(C3)C12. The lowest BCUT2D eigenvalue weighted by molar-refractivity contribution is 0.0932. The van der Waals surface area contributed by atoms with Gasteiger partial charge in [0.05, 0.1) is 11.2 Å². The maximum atomic E-state index is 12.8. The van der Waals surface area contributed by atoms with Crippen LogP contribution in [0.1, 0.15) is 49.6 Å². The van der Waals surface area contributed by atoms with Crippen LogP contribution in [0.5, 0.6) is 0 Å². The molecule has 4 heteroatoms. The molecule has 1 aromatic heterocycles. The van der Waals surface area contributed by atoms with Crippen LogP contribution in [-0.2, 0) is 0 Å². The highest BCUT2D eigenvalue weighted by Crippen LogP contribution is 2.70. The molecule has 1 heterocycles. The van der Waals surface area contributed by atoms with Crippen molar-refractivity contribution in [1.29, 1.82) is 0 Å². The van der Waals surface area contributed by atoms with E-state index in [4.69, 9.17) is 11.6 Å². The predicted octanol–water partition coefficient (Wildman–Crippen LogP) is 3.59. The molecule has 3 aliphatic rings. The van der Waals surface area contributed by atoms with Crippen LogP contribution >= 0.6 is 11.6 Å². The second-order valence-electron chi connectivity index (χ2n) is 6.76. The number of nitrogens with zero attached hydrogens (tertiary/aromatic N) is 2. The van der Waals surface area contributed by atoms with E-state index in [0.717, 1.165) is 11.8 Å². The second-order valence-corrected chi connectivity index (χ2v) is 7.16. The van der Waals surface area contributed by atoms with Crippen LogP contribution in [0.2, 0.25) is 5.02 Å². The van der Waals surface area contributed by atoms with Crippen LogP contribution in [0, 0.1) is 29.6 Å². The quantitative estimate of drug-likeness (QED) is 0.792. The summed E-state index contributed by atoms with van der Waals surface area (Å²) < 4.78 is 1.79. The first-order chi connectivity index (χ1) is 9.09. The highest BCUT2D eigenvalue weighted by molar-refractivity contribution is 6.33. The molecule has 3 nitrogen and oxygen atoms in total. The topological polar surface area (TPSA) is 34.9 Å². The van der Waals surface area contributed by atoms with Gasteiger partial charge in [-0.15, -0.1) is 0 Å². The first-order valence-corrected chi connectivity index (χ1v) is 7.74. The third kappa shape index (κ3) is 1.51. The summed E-state index contributed by atoms with van der Waals surface area (Å²) in [6.07, 6.45) is 5.66. The highest BCUT2D eigenvalue weighted by atomic mass is 35.5. The minimum Gasteiger partial charge on any atom is -0.292 e. The largest absolute Gasteiger partial charge is 0.292 e. The maximum absolute atomic E-state index is 12.8. The van der Waals surface area contributed by atoms with Gasteiger partial charge in [-0.25, -0.2) is 0 Å². The number of fused-ring (bicyclic) bond motifs is 5. The standard InChI is InChI=1S/C15H19ClN2O/c1-7(2)18-14(10(16)6-17-18)15(19)13-11-8-3-4-9(5-8)12(11)13/h6-9,11-13H,3-5H2,1-2H3. The van der Waals surface area contributed by atoms with Gasteiger partial charge in [-0.05, 0) is 56.8 Å². The molecule has 1 aromatic rings. The van der Waals surface area contributed by atoms with Crippen molar-refractivity contribution in [3.05, 3.63) is 16.9 Å². The Morgan fingerprint density at radius 1 is 1.37 bits per heavy atom. The molecule has 0 radical (unpaired) electrons. The normalized spacial score (nSPS) is 38.8. The lowest BCUT2D eigenvalue weighted by atomic mass is 9.98. The Morgan fingerprint density at radius 2 is 2.00 bits per heavy atom.